The van der Waals surface area contributed by atoms with Gasteiger partial charge < -0.3 is 52.8 Å². The van der Waals surface area contributed by atoms with Crippen LogP contribution >= 0.6 is 0 Å². The number of aliphatic hydroxyl groups is 2. The highest BCUT2D eigenvalue weighted by Crippen LogP contribution is 2.34. The summed E-state index contributed by atoms with van der Waals surface area (Å²) < 4.78 is 57.1. The van der Waals surface area contributed by atoms with Crippen molar-refractivity contribution in [2.45, 2.75) is 81.2 Å². The van der Waals surface area contributed by atoms with Crippen molar-refractivity contribution in [1.82, 2.24) is 0 Å². The molecule has 0 spiro atoms. The van der Waals surface area contributed by atoms with Gasteiger partial charge in [0.25, 0.3) is 0 Å². The Morgan fingerprint density at radius 1 is 0.397 bits per heavy atom. The van der Waals surface area contributed by atoms with E-state index in [0.717, 1.165) is 16.7 Å². The lowest BCUT2D eigenvalue weighted by Crippen LogP contribution is -2.64. The van der Waals surface area contributed by atoms with Crippen LogP contribution in [0.5, 0.6) is 0 Å². The summed E-state index contributed by atoms with van der Waals surface area (Å²) in [7, 11) is 0. The van der Waals surface area contributed by atoms with Gasteiger partial charge in [0, 0.05) is 0 Å². The molecule has 0 aliphatic carbocycles. The number of rotatable bonds is 19. The van der Waals surface area contributed by atoms with Gasteiger partial charge in [-0.15, -0.1) is 0 Å². The summed E-state index contributed by atoms with van der Waals surface area (Å²) >= 11 is 0. The maximum Gasteiger partial charge on any atom is 0.338 e. The molecule has 0 saturated carbocycles. The van der Waals surface area contributed by atoms with E-state index >= 15 is 0 Å². The second-order valence-corrected chi connectivity index (χ2v) is 16.1. The number of hydrogen-bond acceptors (Lipinski definition) is 14. The Bertz CT molecular complexity index is 2470. The molecular weight excluding hydrogens is 873 g/mol. The number of aliphatic hydroxyl groups excluding tert-OH is 2. The minimum atomic E-state index is -1.63. The second kappa shape index (κ2) is 23.9. The van der Waals surface area contributed by atoms with Crippen molar-refractivity contribution < 1.29 is 67.2 Å². The molecule has 0 aromatic heterocycles. The van der Waals surface area contributed by atoms with Gasteiger partial charge in [0.2, 0.25) is 0 Å². The van der Waals surface area contributed by atoms with Crippen molar-refractivity contribution in [1.29, 1.82) is 0 Å². The van der Waals surface area contributed by atoms with Crippen LogP contribution in [0.2, 0.25) is 0 Å². The van der Waals surface area contributed by atoms with Crippen molar-refractivity contribution >= 4 is 17.9 Å². The molecular formula is C54H52O14. The zero-order valence-electron chi connectivity index (χ0n) is 36.9. The molecule has 2 saturated heterocycles. The van der Waals surface area contributed by atoms with Crippen LogP contribution in [0.4, 0.5) is 0 Å². The zero-order valence-corrected chi connectivity index (χ0v) is 36.9. The van der Waals surface area contributed by atoms with Gasteiger partial charge in [0.15, 0.2) is 30.9 Å². The normalized spacial score (nSPS) is 24.6. The van der Waals surface area contributed by atoms with Gasteiger partial charge >= 0.3 is 17.9 Å². The average molecular weight is 925 g/mol. The highest BCUT2D eigenvalue weighted by atomic mass is 16.7. The Balaban J connectivity index is 1.13. The van der Waals surface area contributed by atoms with Gasteiger partial charge in [-0.25, -0.2) is 14.4 Å². The van der Waals surface area contributed by atoms with Crippen LogP contribution in [-0.4, -0.2) is 103 Å². The maximum atomic E-state index is 14.0. The van der Waals surface area contributed by atoms with Crippen LogP contribution in [0.25, 0.3) is 0 Å². The van der Waals surface area contributed by atoms with Crippen LogP contribution in [-0.2, 0) is 62.5 Å². The first kappa shape index (κ1) is 47.9. The molecule has 14 heteroatoms. The van der Waals surface area contributed by atoms with Crippen LogP contribution in [0.1, 0.15) is 47.8 Å². The van der Waals surface area contributed by atoms with E-state index in [9.17, 15) is 24.6 Å². The van der Waals surface area contributed by atoms with Crippen molar-refractivity contribution in [3.05, 3.63) is 215 Å². The molecule has 0 amide bonds. The van der Waals surface area contributed by atoms with Crippen molar-refractivity contribution in [3.63, 3.8) is 0 Å². The quantitative estimate of drug-likeness (QED) is 0.0636. The molecule has 6 aromatic rings. The molecule has 352 valence electrons. The number of benzene rings is 6. The minimum Gasteiger partial charge on any atom is -0.452 e. The molecule has 10 atom stereocenters. The Labute approximate surface area is 393 Å². The van der Waals surface area contributed by atoms with E-state index in [1.165, 1.54) is 36.4 Å². The van der Waals surface area contributed by atoms with E-state index in [2.05, 4.69) is 0 Å². The zero-order chi connectivity index (χ0) is 47.1. The molecule has 8 rings (SSSR count). The monoisotopic (exact) mass is 924 g/mol. The largest absolute Gasteiger partial charge is 0.452 e. The van der Waals surface area contributed by atoms with Crippen molar-refractivity contribution in [2.75, 3.05) is 13.2 Å². The van der Waals surface area contributed by atoms with Crippen LogP contribution < -0.4 is 0 Å². The predicted octanol–water partition coefficient (Wildman–Crippen LogP) is 6.87. The number of hydrogen-bond donors (Lipinski definition) is 2. The highest BCUT2D eigenvalue weighted by molar-refractivity contribution is 5.91. The summed E-state index contributed by atoms with van der Waals surface area (Å²) in [6, 6.07) is 52.7. The fraction of sp³-hybridized carbons (Fsp3) is 0.278. The first-order valence-corrected chi connectivity index (χ1v) is 22.3. The van der Waals surface area contributed by atoms with E-state index in [4.69, 9.17) is 42.6 Å². The van der Waals surface area contributed by atoms with Gasteiger partial charge in [-0.2, -0.15) is 0 Å². The minimum absolute atomic E-state index is 0.105. The van der Waals surface area contributed by atoms with Crippen LogP contribution in [0.15, 0.2) is 182 Å². The summed E-state index contributed by atoms with van der Waals surface area (Å²) in [5.41, 5.74) is 3.01. The SMILES string of the molecule is O=C(O[C@@H]1[C@H](OC(=O)c2ccccc2)[C@@H](OC[C@H]2O[C@H](O)[C@@H](OCc3ccccc3)[C@@H](OCc3ccccc3)[C@@H]2OCc2ccccc2)O[C@H](CO)[C@H]1OC(=O)c1ccccc1)c1ccccc1. The third-order valence-corrected chi connectivity index (χ3v) is 11.4. The van der Waals surface area contributed by atoms with Gasteiger partial charge in [-0.1, -0.05) is 146 Å². The van der Waals surface area contributed by atoms with Gasteiger partial charge in [-0.3, -0.25) is 0 Å². The average Bonchev–Trinajstić information content (AvgIpc) is 3.39. The standard InChI is InChI=1S/C54H52O14/c55-31-42-45(66-50(56)39-25-13-4-14-26-39)47(67-51(57)40-27-15-5-16-28-40)49(68-52(58)41-29-17-6-18-30-41)54(65-42)63-35-43-44(60-32-36-19-7-1-8-20-36)46(61-33-37-21-9-2-10-22-37)48(53(59)64-43)62-34-38-23-11-3-12-24-38/h1-30,42-49,53-55,59H,31-35H2/t42-,43-,44-,45-,46+,47+,48+,49+,53+,54+/m1/s1. The second-order valence-electron chi connectivity index (χ2n) is 16.1. The molecule has 2 aliphatic rings. The topological polar surface area (TPSA) is 175 Å². The molecule has 2 heterocycles. The third kappa shape index (κ3) is 12.5. The molecule has 6 aromatic carbocycles. The number of carbonyl (C=O) groups excluding carboxylic acids is 3. The summed E-state index contributed by atoms with van der Waals surface area (Å²) in [6.07, 6.45) is -13.4. The first-order valence-electron chi connectivity index (χ1n) is 22.3. The van der Waals surface area contributed by atoms with Crippen molar-refractivity contribution in [3.8, 4) is 0 Å². The van der Waals surface area contributed by atoms with E-state index in [1.54, 1.807) is 54.6 Å². The summed E-state index contributed by atoms with van der Waals surface area (Å²) in [5, 5.41) is 22.7. The lowest BCUT2D eigenvalue weighted by atomic mass is 9.97. The Kier molecular flexibility index (Phi) is 16.8. The highest BCUT2D eigenvalue weighted by Gasteiger charge is 2.54. The van der Waals surface area contributed by atoms with E-state index in [-0.39, 0.29) is 36.5 Å². The van der Waals surface area contributed by atoms with Gasteiger partial charge in [0.05, 0.1) is 49.7 Å². The lowest BCUT2D eigenvalue weighted by Gasteiger charge is -2.46. The Morgan fingerprint density at radius 2 is 0.765 bits per heavy atom. The van der Waals surface area contributed by atoms with E-state index < -0.39 is 92.5 Å². The number of ether oxygens (including phenoxy) is 9. The van der Waals surface area contributed by atoms with Crippen LogP contribution in [0, 0.1) is 0 Å². The third-order valence-electron chi connectivity index (χ3n) is 11.4. The van der Waals surface area contributed by atoms with Crippen molar-refractivity contribution in [2.24, 2.45) is 0 Å². The molecule has 68 heavy (non-hydrogen) atoms. The van der Waals surface area contributed by atoms with E-state index in [1.807, 2.05) is 91.0 Å². The van der Waals surface area contributed by atoms with Gasteiger partial charge in [-0.05, 0) is 53.1 Å². The molecule has 2 aliphatic heterocycles. The molecule has 0 bridgehead atoms. The predicted molar refractivity (Wildman–Crippen MR) is 245 cm³/mol. The lowest BCUT2D eigenvalue weighted by molar-refractivity contribution is -0.337. The Morgan fingerprint density at radius 3 is 1.19 bits per heavy atom. The first-order chi connectivity index (χ1) is 33.3. The molecule has 14 nitrogen and oxygen atoms in total. The Hall–Kier alpha value is -6.59. The molecule has 2 fully saturated rings. The summed E-state index contributed by atoms with van der Waals surface area (Å²) in [6.45, 7) is -0.795. The van der Waals surface area contributed by atoms with E-state index in [0.29, 0.717) is 0 Å². The molecule has 2 N–H and O–H groups in total. The number of esters is 3. The molecule has 0 radical (unpaired) electrons. The summed E-state index contributed by atoms with van der Waals surface area (Å²) in [4.78, 5) is 41.6. The fourth-order valence-electron chi connectivity index (χ4n) is 7.95. The maximum absolute atomic E-state index is 14.0. The smallest absolute Gasteiger partial charge is 0.338 e. The number of carbonyl (C=O) groups is 3. The summed E-state index contributed by atoms with van der Waals surface area (Å²) in [5.74, 6) is -2.51. The fourth-order valence-corrected chi connectivity index (χ4v) is 7.95. The molecule has 0 unspecified atom stereocenters. The van der Waals surface area contributed by atoms with Crippen LogP contribution in [0.3, 0.4) is 0 Å². The van der Waals surface area contributed by atoms with Gasteiger partial charge in [0.1, 0.15) is 30.5 Å².